The van der Waals surface area contributed by atoms with E-state index in [9.17, 15) is 9.90 Å². The predicted octanol–water partition coefficient (Wildman–Crippen LogP) is 2.55. The summed E-state index contributed by atoms with van der Waals surface area (Å²) in [5, 5.41) is 10.9. The number of ether oxygens (including phenoxy) is 2. The molecule has 25 heavy (non-hydrogen) atoms. The molecule has 0 aliphatic carbocycles. The highest BCUT2D eigenvalue weighted by Gasteiger charge is 2.23. The van der Waals surface area contributed by atoms with E-state index in [1.54, 1.807) is 11.8 Å². The van der Waals surface area contributed by atoms with Gasteiger partial charge in [0.15, 0.2) is 0 Å². The Morgan fingerprint density at radius 1 is 1.24 bits per heavy atom. The molecule has 7 heteroatoms. The third-order valence-corrected chi connectivity index (χ3v) is 4.50. The molecular weight excluding hydrogens is 344 g/mol. The van der Waals surface area contributed by atoms with Crippen molar-refractivity contribution in [3.05, 3.63) is 34.9 Å². The summed E-state index contributed by atoms with van der Waals surface area (Å²) in [7, 11) is 0. The molecule has 0 saturated carbocycles. The van der Waals surface area contributed by atoms with Crippen LogP contribution in [0.2, 0.25) is 5.02 Å². The zero-order valence-corrected chi connectivity index (χ0v) is 15.6. The number of carbonyl (C=O) groups excluding carboxylic acids is 1. The normalized spacial score (nSPS) is 18.0. The zero-order valence-electron chi connectivity index (χ0n) is 14.9. The van der Waals surface area contributed by atoms with Crippen molar-refractivity contribution in [2.75, 3.05) is 45.9 Å². The minimum atomic E-state index is -0.566. The van der Waals surface area contributed by atoms with Crippen LogP contribution in [0.3, 0.4) is 0 Å². The summed E-state index contributed by atoms with van der Waals surface area (Å²) in [6.07, 6.45) is -0.931. The lowest BCUT2D eigenvalue weighted by Crippen LogP contribution is -2.51. The number of hydrogen-bond acceptors (Lipinski definition) is 5. The van der Waals surface area contributed by atoms with E-state index >= 15 is 0 Å². The molecule has 1 fully saturated rings. The third-order valence-electron chi connectivity index (χ3n) is 4.25. The van der Waals surface area contributed by atoms with E-state index < -0.39 is 6.10 Å². The summed E-state index contributed by atoms with van der Waals surface area (Å²) < 4.78 is 10.8. The Morgan fingerprint density at radius 2 is 1.88 bits per heavy atom. The van der Waals surface area contributed by atoms with Crippen molar-refractivity contribution in [2.24, 2.45) is 0 Å². The number of nitrogens with zero attached hydrogens (tertiary/aromatic N) is 2. The number of hydrogen-bond donors (Lipinski definition) is 1. The SMILES string of the molecule is CCOC(=O)N1CCN(C[C@H](O)CO[C@H](C)c2ccc(Cl)cc2)CC1. The van der Waals surface area contributed by atoms with Crippen molar-refractivity contribution in [3.63, 3.8) is 0 Å². The third kappa shape index (κ3) is 6.47. The first kappa shape index (κ1) is 20.0. The number of carbonyl (C=O) groups is 1. The molecule has 1 aliphatic rings. The fraction of sp³-hybridized carbons (Fsp3) is 0.611. The molecule has 1 amide bonds. The Bertz CT molecular complexity index is 532. The largest absolute Gasteiger partial charge is 0.450 e. The summed E-state index contributed by atoms with van der Waals surface area (Å²) in [4.78, 5) is 15.5. The first-order valence-electron chi connectivity index (χ1n) is 8.68. The lowest BCUT2D eigenvalue weighted by molar-refractivity contribution is -0.0208. The summed E-state index contributed by atoms with van der Waals surface area (Å²) in [5.74, 6) is 0. The fourth-order valence-electron chi connectivity index (χ4n) is 2.76. The van der Waals surface area contributed by atoms with Crippen molar-refractivity contribution in [3.8, 4) is 0 Å². The topological polar surface area (TPSA) is 62.2 Å². The number of rotatable bonds is 7. The minimum Gasteiger partial charge on any atom is -0.450 e. The highest BCUT2D eigenvalue weighted by atomic mass is 35.5. The van der Waals surface area contributed by atoms with Gasteiger partial charge in [-0.2, -0.15) is 0 Å². The fourth-order valence-corrected chi connectivity index (χ4v) is 2.89. The molecule has 2 atom stereocenters. The first-order valence-corrected chi connectivity index (χ1v) is 9.06. The summed E-state index contributed by atoms with van der Waals surface area (Å²) in [6.45, 7) is 7.63. The van der Waals surface area contributed by atoms with E-state index in [4.69, 9.17) is 21.1 Å². The van der Waals surface area contributed by atoms with Crippen LogP contribution in [0.5, 0.6) is 0 Å². The lowest BCUT2D eigenvalue weighted by Gasteiger charge is -2.35. The van der Waals surface area contributed by atoms with Crippen molar-refractivity contribution >= 4 is 17.7 Å². The number of halogens is 1. The molecule has 0 spiro atoms. The van der Waals surface area contributed by atoms with Gasteiger partial charge in [-0.3, -0.25) is 4.90 Å². The molecule has 6 nitrogen and oxygen atoms in total. The van der Waals surface area contributed by atoms with Gasteiger partial charge in [0.25, 0.3) is 0 Å². The number of aliphatic hydroxyl groups is 1. The van der Waals surface area contributed by atoms with Crippen LogP contribution in [-0.2, 0) is 9.47 Å². The molecule has 1 aliphatic heterocycles. The molecule has 0 bridgehead atoms. The Kier molecular flexibility index (Phi) is 7.96. The van der Waals surface area contributed by atoms with Crippen molar-refractivity contribution in [1.82, 2.24) is 9.80 Å². The number of β-amino-alcohol motifs (C(OH)–C–C–N with tert-alkyl or cyclic N) is 1. The maximum atomic E-state index is 11.7. The standard InChI is InChI=1S/C18H27ClN2O4/c1-3-24-18(23)21-10-8-20(9-11-21)12-17(22)13-25-14(2)15-4-6-16(19)7-5-15/h4-7,14,17,22H,3,8-13H2,1-2H3/t14-,17+/m1/s1. The molecule has 0 aromatic heterocycles. The van der Waals surface area contributed by atoms with Crippen molar-refractivity contribution in [1.29, 1.82) is 0 Å². The second-order valence-corrected chi connectivity index (χ2v) is 6.60. The Hall–Kier alpha value is -1.34. The quantitative estimate of drug-likeness (QED) is 0.799. The maximum Gasteiger partial charge on any atom is 0.409 e. The van der Waals surface area contributed by atoms with Gasteiger partial charge in [0, 0.05) is 37.7 Å². The van der Waals surface area contributed by atoms with Crippen molar-refractivity contribution < 1.29 is 19.4 Å². The van der Waals surface area contributed by atoms with Gasteiger partial charge in [-0.1, -0.05) is 23.7 Å². The highest BCUT2D eigenvalue weighted by Crippen LogP contribution is 2.19. The van der Waals surface area contributed by atoms with E-state index in [2.05, 4.69) is 4.90 Å². The van der Waals surface area contributed by atoms with E-state index in [1.165, 1.54) is 0 Å². The summed E-state index contributed by atoms with van der Waals surface area (Å²) in [5.41, 5.74) is 1.03. The lowest BCUT2D eigenvalue weighted by atomic mass is 10.1. The van der Waals surface area contributed by atoms with Gasteiger partial charge < -0.3 is 19.5 Å². The number of piperazine rings is 1. The molecule has 1 heterocycles. The molecular formula is C18H27ClN2O4. The van der Waals surface area contributed by atoms with Crippen molar-refractivity contribution in [2.45, 2.75) is 26.1 Å². The number of benzene rings is 1. The van der Waals surface area contributed by atoms with Crippen LogP contribution >= 0.6 is 11.6 Å². The van der Waals surface area contributed by atoms with Gasteiger partial charge in [-0.15, -0.1) is 0 Å². The van der Waals surface area contributed by atoms with Gasteiger partial charge in [-0.05, 0) is 31.5 Å². The minimum absolute atomic E-state index is 0.104. The average Bonchev–Trinajstić information content (AvgIpc) is 2.61. The summed E-state index contributed by atoms with van der Waals surface area (Å²) >= 11 is 5.88. The molecule has 0 unspecified atom stereocenters. The predicted molar refractivity (Wildman–Crippen MR) is 96.9 cm³/mol. The smallest absolute Gasteiger partial charge is 0.409 e. The number of aliphatic hydroxyl groups excluding tert-OH is 1. The number of amides is 1. The molecule has 1 saturated heterocycles. The molecule has 1 N–H and O–H groups in total. The molecule has 140 valence electrons. The van der Waals surface area contributed by atoms with Crippen LogP contribution in [0.1, 0.15) is 25.5 Å². The molecule has 0 radical (unpaired) electrons. The van der Waals surface area contributed by atoms with Crippen LogP contribution in [-0.4, -0.2) is 73.0 Å². The van der Waals surface area contributed by atoms with Crippen LogP contribution < -0.4 is 0 Å². The Morgan fingerprint density at radius 3 is 2.48 bits per heavy atom. The Labute approximate surface area is 154 Å². The van der Waals surface area contributed by atoms with Gasteiger partial charge in [-0.25, -0.2) is 4.79 Å². The average molecular weight is 371 g/mol. The van der Waals surface area contributed by atoms with E-state index in [0.717, 1.165) is 18.7 Å². The van der Waals surface area contributed by atoms with E-state index in [1.807, 2.05) is 31.2 Å². The highest BCUT2D eigenvalue weighted by molar-refractivity contribution is 6.30. The van der Waals surface area contributed by atoms with Crippen LogP contribution in [0.15, 0.2) is 24.3 Å². The summed E-state index contributed by atoms with van der Waals surface area (Å²) in [6, 6.07) is 7.51. The monoisotopic (exact) mass is 370 g/mol. The zero-order chi connectivity index (χ0) is 18.2. The van der Waals surface area contributed by atoms with Crippen LogP contribution in [0.25, 0.3) is 0 Å². The second-order valence-electron chi connectivity index (χ2n) is 6.17. The first-order chi connectivity index (χ1) is 12.0. The molecule has 1 aromatic carbocycles. The van der Waals surface area contributed by atoms with Gasteiger partial charge in [0.05, 0.1) is 25.4 Å². The molecule has 2 rings (SSSR count). The van der Waals surface area contributed by atoms with E-state index in [-0.39, 0.29) is 18.8 Å². The van der Waals surface area contributed by atoms with Crippen LogP contribution in [0.4, 0.5) is 4.79 Å². The van der Waals surface area contributed by atoms with Gasteiger partial charge in [0.1, 0.15) is 0 Å². The van der Waals surface area contributed by atoms with E-state index in [0.29, 0.717) is 31.3 Å². The second kappa shape index (κ2) is 9.97. The van der Waals surface area contributed by atoms with Crippen LogP contribution in [0, 0.1) is 0 Å². The van der Waals surface area contributed by atoms with Gasteiger partial charge in [0.2, 0.25) is 0 Å². The Balaban J connectivity index is 1.68. The van der Waals surface area contributed by atoms with Gasteiger partial charge >= 0.3 is 6.09 Å². The maximum absolute atomic E-state index is 11.7. The molecule has 1 aromatic rings.